The number of aliphatic hydroxyl groups is 1. The Kier molecular flexibility index (Phi) is 5.44. The molecule has 1 aliphatic carbocycles. The molecule has 0 aromatic heterocycles. The van der Waals surface area contributed by atoms with Crippen molar-refractivity contribution in [3.05, 3.63) is 28.3 Å². The van der Waals surface area contributed by atoms with Crippen LogP contribution in [0.2, 0.25) is 0 Å². The van der Waals surface area contributed by atoms with Crippen LogP contribution in [0.3, 0.4) is 0 Å². The average Bonchev–Trinajstić information content (AvgIpc) is 3.57. The minimum Gasteiger partial charge on any atom is -0.506 e. The lowest BCUT2D eigenvalue weighted by molar-refractivity contribution is -0.313. The van der Waals surface area contributed by atoms with Crippen LogP contribution >= 0.6 is 12.6 Å². The lowest BCUT2D eigenvalue weighted by atomic mass is 9.76. The van der Waals surface area contributed by atoms with Crippen LogP contribution in [0.25, 0.3) is 10.8 Å². The van der Waals surface area contributed by atoms with Gasteiger partial charge in [0.15, 0.2) is 11.9 Å². The number of ketones is 1. The molecule has 5 unspecified atom stereocenters. The normalized spacial score (nSPS) is 38.1. The first-order valence-electron chi connectivity index (χ1n) is 13.2. The van der Waals surface area contributed by atoms with E-state index in [1.165, 1.54) is 7.11 Å². The molecule has 8 atom stereocenters. The molecule has 39 heavy (non-hydrogen) atoms. The summed E-state index contributed by atoms with van der Waals surface area (Å²) in [6.07, 6.45) is -2.57. The number of phenols is 1. The van der Waals surface area contributed by atoms with Gasteiger partial charge >= 0.3 is 0 Å². The molecule has 2 aromatic rings. The molecule has 5 aliphatic rings. The van der Waals surface area contributed by atoms with Crippen molar-refractivity contribution in [3.8, 4) is 17.2 Å². The number of aliphatic hydroxyl groups excluding tert-OH is 1. The van der Waals surface area contributed by atoms with Gasteiger partial charge < -0.3 is 43.4 Å². The number of phenolic OH excluding ortho intramolecular Hbond substituents is 1. The fourth-order valence-corrected chi connectivity index (χ4v) is 7.42. The van der Waals surface area contributed by atoms with Crippen LogP contribution in [0.4, 0.5) is 0 Å². The first-order valence-corrected chi connectivity index (χ1v) is 13.8. The number of fused-ring (bicyclic) bond motifs is 8. The summed E-state index contributed by atoms with van der Waals surface area (Å²) in [5, 5.41) is 23.5. The first-order chi connectivity index (χ1) is 18.6. The lowest BCUT2D eigenvalue weighted by Gasteiger charge is -2.49. The molecule has 11 heteroatoms. The van der Waals surface area contributed by atoms with Crippen molar-refractivity contribution >= 4 is 29.2 Å². The Bertz CT molecular complexity index is 1420. The Labute approximate surface area is 230 Å². The number of carbonyl (C=O) groups is 1. The maximum Gasteiger partial charge on any atom is 0.277 e. The molecular weight excluding hydrogens is 528 g/mol. The highest BCUT2D eigenvalue weighted by atomic mass is 32.1. The molecule has 4 heterocycles. The van der Waals surface area contributed by atoms with Crippen molar-refractivity contribution in [1.82, 2.24) is 0 Å². The highest BCUT2D eigenvalue weighted by Gasteiger charge is 2.92. The second kappa shape index (κ2) is 8.22. The molecular formula is C28H32O10S. The third kappa shape index (κ3) is 2.82. The van der Waals surface area contributed by atoms with Crippen LogP contribution in [-0.2, 0) is 23.7 Å². The smallest absolute Gasteiger partial charge is 0.277 e. The van der Waals surface area contributed by atoms with E-state index in [1.807, 2.05) is 19.9 Å². The molecule has 2 aromatic carbocycles. The average molecular weight is 561 g/mol. The fourth-order valence-electron chi connectivity index (χ4n) is 7.33. The van der Waals surface area contributed by atoms with Crippen LogP contribution in [-0.4, -0.2) is 78.6 Å². The highest BCUT2D eigenvalue weighted by molar-refractivity contribution is 7.80. The van der Waals surface area contributed by atoms with E-state index in [0.29, 0.717) is 33.8 Å². The van der Waals surface area contributed by atoms with Gasteiger partial charge in [0.2, 0.25) is 11.4 Å². The molecule has 10 nitrogen and oxygen atoms in total. The Morgan fingerprint density at radius 1 is 1.26 bits per heavy atom. The van der Waals surface area contributed by atoms with Gasteiger partial charge in [-0.15, -0.1) is 0 Å². The number of hydrogen-bond acceptors (Lipinski definition) is 11. The van der Waals surface area contributed by atoms with Gasteiger partial charge in [0.05, 0.1) is 37.4 Å². The molecule has 1 spiro atoms. The maximum atomic E-state index is 13.4. The number of benzene rings is 2. The van der Waals surface area contributed by atoms with E-state index in [1.54, 1.807) is 14.0 Å². The van der Waals surface area contributed by atoms with Crippen molar-refractivity contribution in [2.24, 2.45) is 5.92 Å². The SMILES string of the molecule is COc1c2c(c(O)c3c4c(c(C)cc13)[C@H]1OC3(C(C)OC)OC1C(OCCS)(O4)C31CO1)C(=O)[C@@H](C)C[C@@H]2O. The largest absolute Gasteiger partial charge is 0.506 e. The molecule has 2 bridgehead atoms. The number of rotatable bonds is 6. The molecule has 0 radical (unpaired) electrons. The standard InChI is InChI=1S/C28H32O10S/c1-11-8-14-17(21(31)19-18(22(14)33-5)15(29)9-12(2)20(19)30)23-16(11)24-25-28(36-23,34-6-7-39)26(10-35-26)27(37-24,38-25)13(3)32-4/h8,12-13,15,24-25,29,31,39H,6-7,9-10H2,1-5H3/t12-,13?,15-,24+,25?,26?,27?,28?/m0/s1. The summed E-state index contributed by atoms with van der Waals surface area (Å²) in [5.41, 5.74) is 0.688. The Morgan fingerprint density at radius 3 is 2.64 bits per heavy atom. The van der Waals surface area contributed by atoms with E-state index < -0.39 is 47.5 Å². The molecule has 4 aliphatic heterocycles. The Morgan fingerprint density at radius 2 is 2.00 bits per heavy atom. The molecule has 7 rings (SSSR count). The number of thiol groups is 1. The summed E-state index contributed by atoms with van der Waals surface area (Å²) in [6.45, 7) is 5.99. The Hall–Kier alpha value is -2.12. The number of epoxide rings is 1. The summed E-state index contributed by atoms with van der Waals surface area (Å²) in [4.78, 5) is 13.4. The van der Waals surface area contributed by atoms with Crippen molar-refractivity contribution in [3.63, 3.8) is 0 Å². The van der Waals surface area contributed by atoms with Crippen molar-refractivity contribution in [1.29, 1.82) is 0 Å². The summed E-state index contributed by atoms with van der Waals surface area (Å²) >= 11 is 4.36. The number of aryl methyl sites for hydroxylation is 1. The predicted molar refractivity (Wildman–Crippen MR) is 140 cm³/mol. The number of methoxy groups -OCH3 is 2. The lowest BCUT2D eigenvalue weighted by Crippen LogP contribution is -2.70. The van der Waals surface area contributed by atoms with E-state index in [0.717, 1.165) is 5.56 Å². The number of ether oxygens (including phenoxy) is 7. The molecule has 0 amide bonds. The van der Waals surface area contributed by atoms with Crippen LogP contribution in [0.1, 0.15) is 59.5 Å². The van der Waals surface area contributed by atoms with E-state index in [4.69, 9.17) is 33.2 Å². The summed E-state index contributed by atoms with van der Waals surface area (Å²) in [5.74, 6) is -2.66. The van der Waals surface area contributed by atoms with Gasteiger partial charge in [-0.25, -0.2) is 0 Å². The van der Waals surface area contributed by atoms with Crippen LogP contribution in [0.15, 0.2) is 6.07 Å². The maximum absolute atomic E-state index is 13.4. The number of hydrogen-bond donors (Lipinski definition) is 3. The Balaban J connectivity index is 1.54. The molecule has 2 N–H and O–H groups in total. The zero-order valence-electron chi connectivity index (χ0n) is 22.4. The minimum absolute atomic E-state index is 0.0460. The van der Waals surface area contributed by atoms with Gasteiger partial charge in [-0.3, -0.25) is 4.79 Å². The van der Waals surface area contributed by atoms with Gasteiger partial charge in [-0.1, -0.05) is 6.92 Å². The zero-order chi connectivity index (χ0) is 27.6. The molecule has 3 fully saturated rings. The van der Waals surface area contributed by atoms with Gasteiger partial charge in [0.25, 0.3) is 5.79 Å². The third-order valence-electron chi connectivity index (χ3n) is 9.21. The quantitative estimate of drug-likeness (QED) is 0.358. The number of carbonyl (C=O) groups excluding carboxylic acids is 1. The molecule has 3 saturated heterocycles. The van der Waals surface area contributed by atoms with Crippen molar-refractivity contribution < 1.29 is 48.2 Å². The third-order valence-corrected chi connectivity index (χ3v) is 9.40. The van der Waals surface area contributed by atoms with Gasteiger partial charge in [-0.2, -0.15) is 12.6 Å². The van der Waals surface area contributed by atoms with Crippen molar-refractivity contribution in [2.45, 2.75) is 68.8 Å². The van der Waals surface area contributed by atoms with E-state index >= 15 is 0 Å². The predicted octanol–water partition coefficient (Wildman–Crippen LogP) is 3.12. The monoisotopic (exact) mass is 560 g/mol. The summed E-state index contributed by atoms with van der Waals surface area (Å²) in [7, 11) is 3.07. The number of aromatic hydroxyl groups is 1. The van der Waals surface area contributed by atoms with Crippen LogP contribution in [0, 0.1) is 12.8 Å². The highest BCUT2D eigenvalue weighted by Crippen LogP contribution is 2.72. The van der Waals surface area contributed by atoms with E-state index in [2.05, 4.69) is 12.6 Å². The minimum atomic E-state index is -1.43. The second-order valence-corrected chi connectivity index (χ2v) is 11.6. The molecule has 210 valence electrons. The zero-order valence-corrected chi connectivity index (χ0v) is 23.3. The van der Waals surface area contributed by atoms with Gasteiger partial charge in [-0.05, 0) is 31.9 Å². The second-order valence-electron chi connectivity index (χ2n) is 11.1. The van der Waals surface area contributed by atoms with Crippen LogP contribution < -0.4 is 9.47 Å². The van der Waals surface area contributed by atoms with Crippen LogP contribution in [0.5, 0.6) is 17.2 Å². The molecule has 0 saturated carbocycles. The number of Topliss-reactive ketones (excluding diaryl/α,β-unsaturated/α-hetero) is 1. The topological polar surface area (TPSA) is 125 Å². The van der Waals surface area contributed by atoms with Gasteiger partial charge in [0, 0.05) is 35.3 Å². The van der Waals surface area contributed by atoms with E-state index in [9.17, 15) is 15.0 Å². The first kappa shape index (κ1) is 25.8. The fraction of sp³-hybridized carbons (Fsp3) is 0.607. The van der Waals surface area contributed by atoms with Gasteiger partial charge in [0.1, 0.15) is 29.5 Å². The van der Waals surface area contributed by atoms with Crippen molar-refractivity contribution in [2.75, 3.05) is 33.2 Å². The summed E-state index contributed by atoms with van der Waals surface area (Å²) in [6, 6.07) is 1.86. The van der Waals surface area contributed by atoms with E-state index in [-0.39, 0.29) is 42.1 Å². The summed E-state index contributed by atoms with van der Waals surface area (Å²) < 4.78 is 44.2.